The first-order chi connectivity index (χ1) is 12.8. The largest absolute Gasteiger partial charge is 0.497 e. The van der Waals surface area contributed by atoms with Gasteiger partial charge >= 0.3 is 6.09 Å². The molecule has 28 heavy (non-hydrogen) atoms. The van der Waals surface area contributed by atoms with Crippen LogP contribution in [0.5, 0.6) is 5.75 Å². The number of halogens is 1. The van der Waals surface area contributed by atoms with Crippen LogP contribution in [0, 0.1) is 0 Å². The molecule has 0 fully saturated rings. The van der Waals surface area contributed by atoms with Crippen LogP contribution in [-0.4, -0.2) is 62.9 Å². The van der Waals surface area contributed by atoms with Crippen LogP contribution in [0.25, 0.3) is 0 Å². The first-order valence-electron chi connectivity index (χ1n) is 9.34. The van der Waals surface area contributed by atoms with Gasteiger partial charge in [0.1, 0.15) is 11.4 Å². The normalized spacial score (nSPS) is 11.3. The predicted octanol–water partition coefficient (Wildman–Crippen LogP) is 3.28. The summed E-state index contributed by atoms with van der Waals surface area (Å²) in [6.07, 6.45) is 0.582. The molecule has 0 aliphatic heterocycles. The van der Waals surface area contributed by atoms with E-state index in [1.165, 1.54) is 5.56 Å². The third kappa shape index (κ3) is 10.6. The van der Waals surface area contributed by atoms with Crippen LogP contribution in [0.3, 0.4) is 0 Å². The Balaban J connectivity index is 0.00000729. The third-order valence-electron chi connectivity index (χ3n) is 3.80. The van der Waals surface area contributed by atoms with Gasteiger partial charge in [-0.05, 0) is 51.8 Å². The van der Waals surface area contributed by atoms with Crippen molar-refractivity contribution in [2.75, 3.05) is 40.3 Å². The second-order valence-electron chi connectivity index (χ2n) is 7.08. The maximum Gasteiger partial charge on any atom is 0.410 e. The fraction of sp³-hybridized carbons (Fsp3) is 0.600. The van der Waals surface area contributed by atoms with E-state index >= 15 is 0 Å². The number of carbonyl (C=O) groups is 1. The van der Waals surface area contributed by atoms with Crippen molar-refractivity contribution in [3.63, 3.8) is 0 Å². The molecule has 0 aromatic heterocycles. The molecule has 0 aliphatic rings. The Bertz CT molecular complexity index is 600. The number of amides is 1. The molecule has 1 aromatic carbocycles. The van der Waals surface area contributed by atoms with Crippen LogP contribution in [0.2, 0.25) is 0 Å². The van der Waals surface area contributed by atoms with Crippen molar-refractivity contribution < 1.29 is 14.3 Å². The summed E-state index contributed by atoms with van der Waals surface area (Å²) in [5, 5.41) is 6.50. The predicted molar refractivity (Wildman–Crippen MR) is 125 cm³/mol. The first kappa shape index (κ1) is 26.3. The van der Waals surface area contributed by atoms with Gasteiger partial charge in [-0.2, -0.15) is 0 Å². The molecule has 0 radical (unpaired) electrons. The lowest BCUT2D eigenvalue weighted by atomic mass is 10.1. The molecule has 0 bridgehead atoms. The van der Waals surface area contributed by atoms with E-state index in [4.69, 9.17) is 9.47 Å². The zero-order valence-electron chi connectivity index (χ0n) is 17.9. The smallest absolute Gasteiger partial charge is 0.410 e. The quantitative estimate of drug-likeness (QED) is 0.322. The summed E-state index contributed by atoms with van der Waals surface area (Å²) in [6.45, 7) is 10.0. The maximum absolute atomic E-state index is 12.1. The monoisotopic (exact) mass is 506 g/mol. The number of hydrogen-bond acceptors (Lipinski definition) is 4. The van der Waals surface area contributed by atoms with Crippen LogP contribution >= 0.6 is 24.0 Å². The van der Waals surface area contributed by atoms with Gasteiger partial charge in [-0.3, -0.25) is 4.99 Å². The molecule has 8 heteroatoms. The summed E-state index contributed by atoms with van der Waals surface area (Å²) in [6, 6.07) is 8.02. The molecule has 0 atom stereocenters. The maximum atomic E-state index is 12.1. The highest BCUT2D eigenvalue weighted by molar-refractivity contribution is 14.0. The minimum Gasteiger partial charge on any atom is -0.497 e. The highest BCUT2D eigenvalue weighted by atomic mass is 127. The van der Waals surface area contributed by atoms with E-state index in [2.05, 4.69) is 27.8 Å². The van der Waals surface area contributed by atoms with Crippen LogP contribution < -0.4 is 15.4 Å². The number of benzene rings is 1. The van der Waals surface area contributed by atoms with E-state index in [1.54, 1.807) is 19.1 Å². The van der Waals surface area contributed by atoms with Gasteiger partial charge in [-0.25, -0.2) is 4.79 Å². The molecule has 0 saturated heterocycles. The second kappa shape index (κ2) is 13.5. The average Bonchev–Trinajstić information content (AvgIpc) is 2.62. The molecule has 160 valence electrons. The summed E-state index contributed by atoms with van der Waals surface area (Å²) in [7, 11) is 3.39. The topological polar surface area (TPSA) is 75.2 Å². The molecular weight excluding hydrogens is 471 g/mol. The van der Waals surface area contributed by atoms with Crippen molar-refractivity contribution in [1.82, 2.24) is 15.5 Å². The summed E-state index contributed by atoms with van der Waals surface area (Å²) in [5.41, 5.74) is 0.734. The Hall–Kier alpha value is -1.71. The molecule has 0 spiro atoms. The van der Waals surface area contributed by atoms with E-state index in [1.807, 2.05) is 39.8 Å². The van der Waals surface area contributed by atoms with E-state index in [0.29, 0.717) is 25.6 Å². The second-order valence-corrected chi connectivity index (χ2v) is 7.08. The molecule has 0 heterocycles. The first-order valence-corrected chi connectivity index (χ1v) is 9.34. The van der Waals surface area contributed by atoms with Crippen molar-refractivity contribution in [2.45, 2.75) is 39.7 Å². The number of nitrogens with one attached hydrogen (secondary N) is 2. The van der Waals surface area contributed by atoms with Gasteiger partial charge in [0.25, 0.3) is 0 Å². The Morgan fingerprint density at radius 1 is 1.14 bits per heavy atom. The van der Waals surface area contributed by atoms with Gasteiger partial charge in [-0.15, -0.1) is 24.0 Å². The number of carbonyl (C=O) groups excluding carboxylic acids is 1. The van der Waals surface area contributed by atoms with E-state index in [0.717, 1.165) is 18.7 Å². The molecule has 0 saturated carbocycles. The average molecular weight is 506 g/mol. The number of nitrogens with zero attached hydrogens (tertiary/aromatic N) is 2. The third-order valence-corrected chi connectivity index (χ3v) is 3.80. The molecule has 1 aromatic rings. The number of aliphatic imine (C=N–C) groups is 1. The lowest BCUT2D eigenvalue weighted by Gasteiger charge is -2.26. The van der Waals surface area contributed by atoms with Gasteiger partial charge < -0.3 is 25.0 Å². The molecule has 2 N–H and O–H groups in total. The lowest BCUT2D eigenvalue weighted by Crippen LogP contribution is -2.44. The van der Waals surface area contributed by atoms with Crippen LogP contribution in [0.1, 0.15) is 33.3 Å². The van der Waals surface area contributed by atoms with Gasteiger partial charge in [-0.1, -0.05) is 12.1 Å². The van der Waals surface area contributed by atoms with Crippen LogP contribution in [0.15, 0.2) is 29.3 Å². The SMILES string of the molecule is CCN(CCNC(=NC)NCCc1ccc(OC)cc1)C(=O)OC(C)(C)C.I. The van der Waals surface area contributed by atoms with Gasteiger partial charge in [0.05, 0.1) is 7.11 Å². The Morgan fingerprint density at radius 2 is 1.75 bits per heavy atom. The highest BCUT2D eigenvalue weighted by Gasteiger charge is 2.20. The molecule has 0 aliphatic carbocycles. The molecule has 0 unspecified atom stereocenters. The summed E-state index contributed by atoms with van der Waals surface area (Å²) < 4.78 is 10.6. The minimum absolute atomic E-state index is 0. The minimum atomic E-state index is -0.489. The summed E-state index contributed by atoms with van der Waals surface area (Å²) in [4.78, 5) is 18.0. The highest BCUT2D eigenvalue weighted by Crippen LogP contribution is 2.11. The van der Waals surface area contributed by atoms with E-state index in [9.17, 15) is 4.79 Å². The molecule has 7 nitrogen and oxygen atoms in total. The Labute approximate surface area is 186 Å². The lowest BCUT2D eigenvalue weighted by molar-refractivity contribution is 0.0264. The number of rotatable bonds is 8. The Kier molecular flexibility index (Phi) is 12.6. The molecule has 1 amide bonds. The van der Waals surface area contributed by atoms with Crippen molar-refractivity contribution in [1.29, 1.82) is 0 Å². The summed E-state index contributed by atoms with van der Waals surface area (Å²) >= 11 is 0. The van der Waals surface area contributed by atoms with E-state index < -0.39 is 5.60 Å². The zero-order valence-corrected chi connectivity index (χ0v) is 20.2. The zero-order chi connectivity index (χ0) is 20.3. The molecule has 1 rings (SSSR count). The van der Waals surface area contributed by atoms with Crippen molar-refractivity contribution in [3.8, 4) is 5.75 Å². The Morgan fingerprint density at radius 3 is 2.25 bits per heavy atom. The van der Waals surface area contributed by atoms with E-state index in [-0.39, 0.29) is 30.1 Å². The number of ether oxygens (including phenoxy) is 2. The van der Waals surface area contributed by atoms with Gasteiger partial charge in [0, 0.05) is 33.2 Å². The van der Waals surface area contributed by atoms with Crippen molar-refractivity contribution in [3.05, 3.63) is 29.8 Å². The fourth-order valence-corrected chi connectivity index (χ4v) is 2.35. The van der Waals surface area contributed by atoms with Gasteiger partial charge in [0.15, 0.2) is 5.96 Å². The number of hydrogen-bond donors (Lipinski definition) is 2. The summed E-state index contributed by atoms with van der Waals surface area (Å²) in [5.74, 6) is 1.57. The van der Waals surface area contributed by atoms with Crippen LogP contribution in [0.4, 0.5) is 4.79 Å². The standard InChI is InChI=1S/C20H34N4O3.HI/c1-7-24(19(25)27-20(2,3)4)15-14-23-18(21-5)22-13-12-16-8-10-17(26-6)11-9-16;/h8-11H,7,12-15H2,1-6H3,(H2,21,22,23);1H. The van der Waals surface area contributed by atoms with Gasteiger partial charge in [0.2, 0.25) is 0 Å². The number of likely N-dealkylation sites (N-methyl/N-ethyl adjacent to an activating group) is 1. The van der Waals surface area contributed by atoms with Crippen molar-refractivity contribution in [2.24, 2.45) is 4.99 Å². The number of methoxy groups -OCH3 is 1. The van der Waals surface area contributed by atoms with Crippen molar-refractivity contribution >= 4 is 36.0 Å². The number of guanidine groups is 1. The van der Waals surface area contributed by atoms with Crippen LogP contribution in [-0.2, 0) is 11.2 Å². The fourth-order valence-electron chi connectivity index (χ4n) is 2.35. The molecular formula is C20H35IN4O3.